The van der Waals surface area contributed by atoms with E-state index in [1.165, 1.54) is 0 Å². The lowest BCUT2D eigenvalue weighted by molar-refractivity contribution is -0.122. The van der Waals surface area contributed by atoms with Gasteiger partial charge in [-0.25, -0.2) is 9.97 Å². The van der Waals surface area contributed by atoms with Gasteiger partial charge in [-0.15, -0.1) is 0 Å². The third-order valence-corrected chi connectivity index (χ3v) is 4.49. The third-order valence-electron chi connectivity index (χ3n) is 4.49. The van der Waals surface area contributed by atoms with E-state index in [0.717, 1.165) is 41.9 Å². The number of carbonyl (C=O) groups excluding carboxylic acids is 1. The number of amides is 1. The van der Waals surface area contributed by atoms with Crippen LogP contribution in [-0.4, -0.2) is 30.6 Å². The zero-order valence-corrected chi connectivity index (χ0v) is 14.6. The molecule has 3 heterocycles. The van der Waals surface area contributed by atoms with E-state index < -0.39 is 0 Å². The van der Waals surface area contributed by atoms with Crippen LogP contribution in [0.3, 0.4) is 0 Å². The molecule has 0 unspecified atom stereocenters. The minimum absolute atomic E-state index is 0.0549. The molecule has 1 aliphatic rings. The van der Waals surface area contributed by atoms with Gasteiger partial charge in [-0.1, -0.05) is 6.07 Å². The number of pyridine rings is 1. The molecule has 0 fully saturated rings. The lowest BCUT2D eigenvalue weighted by Crippen LogP contribution is -2.34. The van der Waals surface area contributed by atoms with Crippen molar-refractivity contribution >= 4 is 5.91 Å². The molecule has 0 saturated carbocycles. The van der Waals surface area contributed by atoms with Crippen LogP contribution in [0, 0.1) is 6.92 Å². The molecule has 3 aromatic rings. The molecule has 1 aliphatic carbocycles. The quantitative estimate of drug-likeness (QED) is 0.781. The van der Waals surface area contributed by atoms with E-state index in [9.17, 15) is 4.79 Å². The van der Waals surface area contributed by atoms with Crippen molar-refractivity contribution in [2.24, 2.45) is 0 Å². The van der Waals surface area contributed by atoms with Crippen molar-refractivity contribution in [2.45, 2.75) is 38.8 Å². The van der Waals surface area contributed by atoms with Crippen molar-refractivity contribution in [3.63, 3.8) is 0 Å². The molecule has 0 aliphatic heterocycles. The zero-order valence-electron chi connectivity index (χ0n) is 14.6. The largest absolute Gasteiger partial charge is 0.348 e. The van der Waals surface area contributed by atoms with E-state index in [0.29, 0.717) is 5.82 Å². The van der Waals surface area contributed by atoms with Crippen LogP contribution in [-0.2, 0) is 17.8 Å². The van der Waals surface area contributed by atoms with Gasteiger partial charge in [-0.2, -0.15) is 5.10 Å². The second kappa shape index (κ2) is 7.03. The van der Waals surface area contributed by atoms with Gasteiger partial charge in [0.05, 0.1) is 11.7 Å². The van der Waals surface area contributed by atoms with Gasteiger partial charge in [-0.05, 0) is 44.4 Å². The van der Waals surface area contributed by atoms with Gasteiger partial charge in [0, 0.05) is 29.8 Å². The molecule has 0 saturated heterocycles. The molecule has 1 atom stereocenters. The van der Waals surface area contributed by atoms with Gasteiger partial charge in [0.1, 0.15) is 12.2 Å². The average molecular weight is 348 g/mol. The first-order valence-electron chi connectivity index (χ1n) is 8.76. The number of aromatic nitrogens is 5. The maximum absolute atomic E-state index is 12.4. The summed E-state index contributed by atoms with van der Waals surface area (Å²) >= 11 is 0. The summed E-state index contributed by atoms with van der Waals surface area (Å²) < 4.78 is 1.65. The second-order valence-electron chi connectivity index (χ2n) is 6.48. The second-order valence-corrected chi connectivity index (χ2v) is 6.48. The Morgan fingerprint density at radius 1 is 1.31 bits per heavy atom. The Labute approximate surface area is 151 Å². The molecule has 0 aromatic carbocycles. The van der Waals surface area contributed by atoms with Crippen molar-refractivity contribution in [1.29, 1.82) is 0 Å². The summed E-state index contributed by atoms with van der Waals surface area (Å²) in [4.78, 5) is 25.8. The predicted octanol–water partition coefficient (Wildman–Crippen LogP) is 2.24. The molecule has 132 valence electrons. The standard InChI is InChI=1S/C19H20N6O/c1-13-8-10-25(24-13)12-18(26)22-15-6-4-7-16-14(15)11-21-19(23-16)17-5-2-3-9-20-17/h2-3,5,8-11,15H,4,6-7,12H2,1H3,(H,22,26)/t15-/m0/s1. The Kier molecular flexibility index (Phi) is 4.43. The summed E-state index contributed by atoms with van der Waals surface area (Å²) in [6.45, 7) is 2.12. The van der Waals surface area contributed by atoms with Crippen molar-refractivity contribution in [2.75, 3.05) is 0 Å². The maximum Gasteiger partial charge on any atom is 0.242 e. The van der Waals surface area contributed by atoms with E-state index in [-0.39, 0.29) is 18.5 Å². The van der Waals surface area contributed by atoms with Crippen LogP contribution in [0.15, 0.2) is 42.9 Å². The highest BCUT2D eigenvalue weighted by Gasteiger charge is 2.24. The van der Waals surface area contributed by atoms with Gasteiger partial charge >= 0.3 is 0 Å². The number of hydrogen-bond acceptors (Lipinski definition) is 5. The van der Waals surface area contributed by atoms with Gasteiger partial charge in [0.25, 0.3) is 0 Å². The molecule has 1 amide bonds. The highest BCUT2D eigenvalue weighted by Crippen LogP contribution is 2.29. The summed E-state index contributed by atoms with van der Waals surface area (Å²) in [5.74, 6) is 0.572. The summed E-state index contributed by atoms with van der Waals surface area (Å²) in [6, 6.07) is 7.52. The van der Waals surface area contributed by atoms with Crippen LogP contribution in [0.2, 0.25) is 0 Å². The first-order chi connectivity index (χ1) is 12.7. The Balaban J connectivity index is 1.51. The molecule has 0 radical (unpaired) electrons. The molecule has 7 nitrogen and oxygen atoms in total. The van der Waals surface area contributed by atoms with E-state index in [1.807, 2.05) is 43.6 Å². The predicted molar refractivity (Wildman–Crippen MR) is 96.0 cm³/mol. The average Bonchev–Trinajstić information content (AvgIpc) is 3.07. The number of fused-ring (bicyclic) bond motifs is 1. The molecular weight excluding hydrogens is 328 g/mol. The topological polar surface area (TPSA) is 85.6 Å². The van der Waals surface area contributed by atoms with E-state index in [4.69, 9.17) is 0 Å². The van der Waals surface area contributed by atoms with E-state index >= 15 is 0 Å². The maximum atomic E-state index is 12.4. The Hall–Kier alpha value is -3.09. The SMILES string of the molecule is Cc1ccn(CC(=O)N[C@H]2CCCc3nc(-c4ccccn4)ncc32)n1. The van der Waals surface area contributed by atoms with Crippen molar-refractivity contribution < 1.29 is 4.79 Å². The lowest BCUT2D eigenvalue weighted by Gasteiger charge is -2.25. The summed E-state index contributed by atoms with van der Waals surface area (Å²) in [7, 11) is 0. The molecular formula is C19H20N6O. The van der Waals surface area contributed by atoms with Crippen LogP contribution < -0.4 is 5.32 Å². The first kappa shape index (κ1) is 16.4. The molecule has 26 heavy (non-hydrogen) atoms. The minimum Gasteiger partial charge on any atom is -0.348 e. The number of nitrogens with one attached hydrogen (secondary N) is 1. The van der Waals surface area contributed by atoms with Gasteiger partial charge in [0.2, 0.25) is 5.91 Å². The van der Waals surface area contributed by atoms with Crippen molar-refractivity contribution in [3.8, 4) is 11.5 Å². The summed E-state index contributed by atoms with van der Waals surface area (Å²) in [5.41, 5.74) is 3.65. The van der Waals surface area contributed by atoms with Crippen LogP contribution >= 0.6 is 0 Å². The summed E-state index contributed by atoms with van der Waals surface area (Å²) in [6.07, 6.45) is 8.14. The lowest BCUT2D eigenvalue weighted by atomic mass is 9.92. The Morgan fingerprint density at radius 2 is 2.23 bits per heavy atom. The third kappa shape index (κ3) is 3.46. The van der Waals surface area contributed by atoms with E-state index in [1.54, 1.807) is 10.9 Å². The monoisotopic (exact) mass is 348 g/mol. The van der Waals surface area contributed by atoms with Gasteiger partial charge < -0.3 is 5.32 Å². The highest BCUT2D eigenvalue weighted by molar-refractivity contribution is 5.76. The van der Waals surface area contributed by atoms with E-state index in [2.05, 4.69) is 25.4 Å². The van der Waals surface area contributed by atoms with Crippen molar-refractivity contribution in [3.05, 3.63) is 59.8 Å². The minimum atomic E-state index is -0.0558. The van der Waals surface area contributed by atoms with Crippen LogP contribution in [0.25, 0.3) is 11.5 Å². The van der Waals surface area contributed by atoms with Gasteiger partial charge in [0.15, 0.2) is 5.82 Å². The fourth-order valence-corrected chi connectivity index (χ4v) is 3.25. The van der Waals surface area contributed by atoms with Crippen LogP contribution in [0.4, 0.5) is 0 Å². The first-order valence-corrected chi connectivity index (χ1v) is 8.76. The smallest absolute Gasteiger partial charge is 0.242 e. The number of nitrogens with zero attached hydrogens (tertiary/aromatic N) is 5. The fraction of sp³-hybridized carbons (Fsp3) is 0.316. The van der Waals surface area contributed by atoms with Crippen LogP contribution in [0.1, 0.15) is 35.8 Å². The van der Waals surface area contributed by atoms with Crippen molar-refractivity contribution in [1.82, 2.24) is 30.0 Å². The Morgan fingerprint density at radius 3 is 3.00 bits per heavy atom. The molecule has 1 N–H and O–H groups in total. The molecule has 7 heteroatoms. The van der Waals surface area contributed by atoms with Crippen LogP contribution in [0.5, 0.6) is 0 Å². The highest BCUT2D eigenvalue weighted by atomic mass is 16.2. The molecule has 4 rings (SSSR count). The summed E-state index contributed by atoms with van der Waals surface area (Å²) in [5, 5.41) is 7.35. The molecule has 0 spiro atoms. The zero-order chi connectivity index (χ0) is 17.9. The van der Waals surface area contributed by atoms with Gasteiger partial charge in [-0.3, -0.25) is 14.5 Å². The number of rotatable bonds is 4. The fourth-order valence-electron chi connectivity index (χ4n) is 3.25. The molecule has 3 aromatic heterocycles. The number of aryl methyl sites for hydroxylation is 2. The number of carbonyl (C=O) groups is 1. The molecule has 0 bridgehead atoms. The number of hydrogen-bond donors (Lipinski definition) is 1. The Bertz CT molecular complexity index is 921. The normalized spacial score (nSPS) is 16.1.